The first-order valence-corrected chi connectivity index (χ1v) is 7.96. The van der Waals surface area contributed by atoms with Crippen molar-refractivity contribution in [3.63, 3.8) is 0 Å². The number of aryl methyl sites for hydroxylation is 1. The Morgan fingerprint density at radius 1 is 1.30 bits per heavy atom. The van der Waals surface area contributed by atoms with Crippen LogP contribution in [-0.2, 0) is 13.6 Å². The molecular weight excluding hydrogens is 252 g/mol. The van der Waals surface area contributed by atoms with Gasteiger partial charge >= 0.3 is 0 Å². The largest absolute Gasteiger partial charge is 0.308 e. The Labute approximate surface area is 119 Å². The van der Waals surface area contributed by atoms with Gasteiger partial charge in [0.1, 0.15) is 0 Å². The van der Waals surface area contributed by atoms with Crippen LogP contribution in [0.4, 0.5) is 0 Å². The van der Waals surface area contributed by atoms with Crippen molar-refractivity contribution in [2.75, 3.05) is 13.1 Å². The second kappa shape index (κ2) is 4.77. The van der Waals surface area contributed by atoms with E-state index in [0.717, 1.165) is 31.4 Å². The van der Waals surface area contributed by atoms with E-state index in [-0.39, 0.29) is 0 Å². The number of hydrogen-bond donors (Lipinski definition) is 1. The molecule has 2 aliphatic carbocycles. The Balaban J connectivity index is 1.51. The van der Waals surface area contributed by atoms with Gasteiger partial charge in [-0.3, -0.25) is 4.90 Å². The van der Waals surface area contributed by atoms with Crippen LogP contribution in [0.1, 0.15) is 44.3 Å². The number of nitrogens with zero attached hydrogens (tertiary/aromatic N) is 5. The van der Waals surface area contributed by atoms with Crippen molar-refractivity contribution in [1.29, 1.82) is 0 Å². The van der Waals surface area contributed by atoms with Gasteiger partial charge in [-0.2, -0.15) is 4.80 Å². The summed E-state index contributed by atoms with van der Waals surface area (Å²) in [6.45, 7) is 3.16. The maximum absolute atomic E-state index is 4.37. The first kappa shape index (κ1) is 12.7. The zero-order valence-corrected chi connectivity index (χ0v) is 12.3. The van der Waals surface area contributed by atoms with Crippen molar-refractivity contribution in [3.8, 4) is 0 Å². The quantitative estimate of drug-likeness (QED) is 0.881. The molecule has 1 N–H and O–H groups in total. The van der Waals surface area contributed by atoms with Gasteiger partial charge in [-0.05, 0) is 36.8 Å². The number of hydrogen-bond acceptors (Lipinski definition) is 5. The SMILES string of the molecule is Cn1nnc(CN2CC3(CCCC3)NCC2C2CC2)n1. The summed E-state index contributed by atoms with van der Waals surface area (Å²) in [4.78, 5) is 4.20. The minimum atomic E-state index is 0.369. The van der Waals surface area contributed by atoms with Gasteiger partial charge in [0.25, 0.3) is 0 Å². The predicted octanol–water partition coefficient (Wildman–Crippen LogP) is 0.707. The molecule has 20 heavy (non-hydrogen) atoms. The van der Waals surface area contributed by atoms with Crippen molar-refractivity contribution in [3.05, 3.63) is 5.82 Å². The lowest BCUT2D eigenvalue weighted by atomic mass is 9.91. The zero-order chi connectivity index (χ0) is 13.6. The smallest absolute Gasteiger partial charge is 0.188 e. The molecule has 4 rings (SSSR count). The predicted molar refractivity (Wildman–Crippen MR) is 74.9 cm³/mol. The highest BCUT2D eigenvalue weighted by Gasteiger charge is 2.45. The summed E-state index contributed by atoms with van der Waals surface area (Å²) in [5.74, 6) is 1.76. The Morgan fingerprint density at radius 3 is 2.75 bits per heavy atom. The molecule has 1 aromatic rings. The van der Waals surface area contributed by atoms with Crippen molar-refractivity contribution in [1.82, 2.24) is 30.4 Å². The summed E-state index contributed by atoms with van der Waals surface area (Å²) < 4.78 is 0. The van der Waals surface area contributed by atoms with Gasteiger partial charge in [-0.25, -0.2) is 0 Å². The molecule has 6 heteroatoms. The summed E-state index contributed by atoms with van der Waals surface area (Å²) in [5, 5.41) is 16.4. The van der Waals surface area contributed by atoms with E-state index in [1.54, 1.807) is 4.80 Å². The summed E-state index contributed by atoms with van der Waals surface area (Å²) in [6, 6.07) is 0.671. The highest BCUT2D eigenvalue weighted by atomic mass is 15.6. The number of tetrazole rings is 1. The van der Waals surface area contributed by atoms with Crippen LogP contribution < -0.4 is 5.32 Å². The van der Waals surface area contributed by atoms with Crippen LogP contribution >= 0.6 is 0 Å². The van der Waals surface area contributed by atoms with E-state index in [1.807, 2.05) is 7.05 Å². The molecule has 2 saturated carbocycles. The van der Waals surface area contributed by atoms with E-state index in [4.69, 9.17) is 0 Å². The van der Waals surface area contributed by atoms with Crippen LogP contribution in [0.3, 0.4) is 0 Å². The van der Waals surface area contributed by atoms with Gasteiger partial charge in [-0.15, -0.1) is 10.2 Å². The summed E-state index contributed by atoms with van der Waals surface area (Å²) in [7, 11) is 1.84. The number of nitrogens with one attached hydrogen (secondary N) is 1. The Kier molecular flexibility index (Phi) is 3.03. The van der Waals surface area contributed by atoms with Crippen LogP contribution in [0.2, 0.25) is 0 Å². The van der Waals surface area contributed by atoms with Crippen molar-refractivity contribution in [2.24, 2.45) is 13.0 Å². The van der Waals surface area contributed by atoms with Gasteiger partial charge in [0.15, 0.2) is 5.82 Å². The van der Waals surface area contributed by atoms with E-state index in [0.29, 0.717) is 11.6 Å². The number of rotatable bonds is 3. The Hall–Kier alpha value is -1.01. The van der Waals surface area contributed by atoms with Crippen LogP contribution in [-0.4, -0.2) is 49.8 Å². The molecule has 1 spiro atoms. The van der Waals surface area contributed by atoms with E-state index in [1.165, 1.54) is 38.5 Å². The maximum Gasteiger partial charge on any atom is 0.188 e. The second-order valence-corrected chi connectivity index (χ2v) is 6.87. The molecule has 1 saturated heterocycles. The minimum Gasteiger partial charge on any atom is -0.308 e. The fraction of sp³-hybridized carbons (Fsp3) is 0.929. The first-order valence-electron chi connectivity index (χ1n) is 7.96. The monoisotopic (exact) mass is 276 g/mol. The van der Waals surface area contributed by atoms with E-state index in [2.05, 4.69) is 25.6 Å². The average Bonchev–Trinajstić information content (AvgIpc) is 3.05. The van der Waals surface area contributed by atoms with E-state index < -0.39 is 0 Å². The molecule has 2 heterocycles. The third-order valence-electron chi connectivity index (χ3n) is 5.28. The average molecular weight is 276 g/mol. The molecule has 110 valence electrons. The summed E-state index contributed by atoms with van der Waals surface area (Å²) in [6.07, 6.45) is 8.19. The van der Waals surface area contributed by atoms with E-state index >= 15 is 0 Å². The molecule has 0 amide bonds. The standard InChI is InChI=1S/C14H24N6/c1-19-17-13(16-18-19)9-20-10-14(6-2-3-7-14)15-8-12(20)11-4-5-11/h11-12,15H,2-10H2,1H3. The molecule has 6 nitrogen and oxygen atoms in total. The topological polar surface area (TPSA) is 58.9 Å². The molecule has 1 aliphatic heterocycles. The maximum atomic E-state index is 4.37. The molecule has 0 aromatic carbocycles. The molecule has 1 unspecified atom stereocenters. The van der Waals surface area contributed by atoms with Gasteiger partial charge in [-0.1, -0.05) is 12.8 Å². The summed E-state index contributed by atoms with van der Waals surface area (Å²) in [5.41, 5.74) is 0.369. The fourth-order valence-corrected chi connectivity index (χ4v) is 4.09. The summed E-state index contributed by atoms with van der Waals surface area (Å²) >= 11 is 0. The third kappa shape index (κ3) is 2.35. The van der Waals surface area contributed by atoms with Crippen molar-refractivity contribution >= 4 is 0 Å². The van der Waals surface area contributed by atoms with E-state index in [9.17, 15) is 0 Å². The molecule has 1 atom stereocenters. The highest BCUT2D eigenvalue weighted by molar-refractivity contribution is 5.04. The number of aromatic nitrogens is 4. The second-order valence-electron chi connectivity index (χ2n) is 6.87. The van der Waals surface area contributed by atoms with Crippen LogP contribution in [0.15, 0.2) is 0 Å². The number of piperazine rings is 1. The third-order valence-corrected chi connectivity index (χ3v) is 5.28. The molecule has 3 aliphatic rings. The molecule has 3 fully saturated rings. The molecular formula is C14H24N6. The minimum absolute atomic E-state index is 0.369. The Bertz CT molecular complexity index is 474. The van der Waals surface area contributed by atoms with Crippen molar-refractivity contribution < 1.29 is 0 Å². The normalized spacial score (nSPS) is 30.1. The van der Waals surface area contributed by atoms with Gasteiger partial charge in [0, 0.05) is 24.7 Å². The zero-order valence-electron chi connectivity index (χ0n) is 12.3. The van der Waals surface area contributed by atoms with Crippen LogP contribution in [0.5, 0.6) is 0 Å². The lowest BCUT2D eigenvalue weighted by Crippen LogP contribution is -2.63. The first-order chi connectivity index (χ1) is 9.74. The Morgan fingerprint density at radius 2 is 2.10 bits per heavy atom. The van der Waals surface area contributed by atoms with Gasteiger partial charge < -0.3 is 5.32 Å². The van der Waals surface area contributed by atoms with Crippen LogP contribution in [0.25, 0.3) is 0 Å². The molecule has 1 aromatic heterocycles. The highest BCUT2D eigenvalue weighted by Crippen LogP contribution is 2.40. The lowest BCUT2D eigenvalue weighted by molar-refractivity contribution is 0.0605. The fourth-order valence-electron chi connectivity index (χ4n) is 4.09. The van der Waals surface area contributed by atoms with Crippen molar-refractivity contribution in [2.45, 2.75) is 56.7 Å². The van der Waals surface area contributed by atoms with Crippen LogP contribution in [0, 0.1) is 5.92 Å². The van der Waals surface area contributed by atoms with Gasteiger partial charge in [0.2, 0.25) is 0 Å². The molecule has 0 bridgehead atoms. The molecule has 0 radical (unpaired) electrons. The lowest BCUT2D eigenvalue weighted by Gasteiger charge is -2.46. The van der Waals surface area contributed by atoms with Gasteiger partial charge in [0.05, 0.1) is 13.6 Å².